The Kier molecular flexibility index (Phi) is 5.81. The summed E-state index contributed by atoms with van der Waals surface area (Å²) < 4.78 is 31.3. The largest absolute Gasteiger partial charge is 0.465 e. The monoisotopic (exact) mass is 402 g/mol. The highest BCUT2D eigenvalue weighted by atomic mass is 32.2. The Morgan fingerprint density at radius 3 is 2.14 bits per heavy atom. The van der Waals surface area contributed by atoms with Gasteiger partial charge in [0.05, 0.1) is 17.6 Å². The number of hydrogen-bond donors (Lipinski definition) is 1. The molecule has 0 bridgehead atoms. The van der Waals surface area contributed by atoms with Gasteiger partial charge in [0.2, 0.25) is 10.0 Å². The number of carbonyl (C=O) groups excluding carboxylic acids is 2. The van der Waals surface area contributed by atoms with E-state index in [1.807, 2.05) is 0 Å². The lowest BCUT2D eigenvalue weighted by molar-refractivity contribution is 0.0600. The molecule has 0 radical (unpaired) electrons. The number of esters is 1. The lowest BCUT2D eigenvalue weighted by Crippen LogP contribution is -2.27. The van der Waals surface area contributed by atoms with Crippen LogP contribution in [0.25, 0.3) is 0 Å². The number of rotatable bonds is 7. The van der Waals surface area contributed by atoms with Crippen molar-refractivity contribution in [2.45, 2.75) is 30.3 Å². The van der Waals surface area contributed by atoms with Crippen molar-refractivity contribution in [1.29, 1.82) is 0 Å². The standard InChI is InChI=1S/C20H22N2O5S/c1-22(28(25,26)18-11-7-16(8-12-18)20(24)27-2)13-14-3-5-15(6-4-14)19(23)21-17-9-10-17/h3-8,11-12,17H,9-10,13H2,1-2H3,(H,21,23). The molecule has 28 heavy (non-hydrogen) atoms. The van der Waals surface area contributed by atoms with E-state index in [1.165, 1.54) is 42.7 Å². The van der Waals surface area contributed by atoms with Gasteiger partial charge >= 0.3 is 5.97 Å². The van der Waals surface area contributed by atoms with Crippen LogP contribution in [0.15, 0.2) is 53.4 Å². The molecule has 0 unspecified atom stereocenters. The molecule has 2 aromatic rings. The number of carbonyl (C=O) groups is 2. The molecule has 0 spiro atoms. The summed E-state index contributed by atoms with van der Waals surface area (Å²) in [5, 5.41) is 2.91. The first kappa shape index (κ1) is 20.0. The summed E-state index contributed by atoms with van der Waals surface area (Å²) in [6.07, 6.45) is 2.04. The first-order valence-corrected chi connectivity index (χ1v) is 10.3. The van der Waals surface area contributed by atoms with Crippen LogP contribution in [0.4, 0.5) is 0 Å². The first-order chi connectivity index (χ1) is 13.3. The summed E-state index contributed by atoms with van der Waals surface area (Å²) in [4.78, 5) is 23.6. The number of benzene rings is 2. The number of amides is 1. The Morgan fingerprint density at radius 2 is 1.61 bits per heavy atom. The summed E-state index contributed by atoms with van der Waals surface area (Å²) in [5.41, 5.74) is 1.60. The summed E-state index contributed by atoms with van der Waals surface area (Å²) in [5.74, 6) is -0.635. The lowest BCUT2D eigenvalue weighted by Gasteiger charge is -2.17. The SMILES string of the molecule is COC(=O)c1ccc(S(=O)(=O)N(C)Cc2ccc(C(=O)NC3CC3)cc2)cc1. The van der Waals surface area contributed by atoms with Crippen LogP contribution in [-0.2, 0) is 21.3 Å². The maximum atomic E-state index is 12.7. The number of hydrogen-bond acceptors (Lipinski definition) is 5. The molecule has 7 nitrogen and oxygen atoms in total. The maximum Gasteiger partial charge on any atom is 0.337 e. The molecule has 0 atom stereocenters. The van der Waals surface area contributed by atoms with Gasteiger partial charge in [-0.25, -0.2) is 13.2 Å². The van der Waals surface area contributed by atoms with E-state index in [2.05, 4.69) is 10.1 Å². The Hall–Kier alpha value is -2.71. The lowest BCUT2D eigenvalue weighted by atomic mass is 10.1. The molecule has 0 saturated heterocycles. The van der Waals surface area contributed by atoms with Gasteiger partial charge in [-0.05, 0) is 54.8 Å². The van der Waals surface area contributed by atoms with E-state index in [0.717, 1.165) is 18.4 Å². The summed E-state index contributed by atoms with van der Waals surface area (Å²) >= 11 is 0. The van der Waals surface area contributed by atoms with Crippen molar-refractivity contribution >= 4 is 21.9 Å². The Balaban J connectivity index is 1.67. The average molecular weight is 402 g/mol. The third kappa shape index (κ3) is 4.58. The minimum absolute atomic E-state index is 0.0862. The van der Waals surface area contributed by atoms with Crippen molar-refractivity contribution in [1.82, 2.24) is 9.62 Å². The van der Waals surface area contributed by atoms with E-state index < -0.39 is 16.0 Å². The van der Waals surface area contributed by atoms with Crippen molar-refractivity contribution < 1.29 is 22.7 Å². The molecule has 1 aliphatic rings. The fraction of sp³-hybridized carbons (Fsp3) is 0.300. The van der Waals surface area contributed by atoms with Crippen LogP contribution in [-0.4, -0.2) is 44.8 Å². The molecule has 1 amide bonds. The van der Waals surface area contributed by atoms with Crippen LogP contribution < -0.4 is 5.32 Å². The number of nitrogens with one attached hydrogen (secondary N) is 1. The zero-order valence-corrected chi connectivity index (χ0v) is 16.5. The Morgan fingerprint density at radius 1 is 1.04 bits per heavy atom. The number of methoxy groups -OCH3 is 1. The van der Waals surface area contributed by atoms with Crippen LogP contribution in [0, 0.1) is 0 Å². The predicted octanol–water partition coefficient (Wildman–Crippen LogP) is 2.19. The molecule has 1 saturated carbocycles. The molecule has 8 heteroatoms. The molecule has 0 aliphatic heterocycles. The molecule has 148 valence electrons. The second-order valence-corrected chi connectivity index (χ2v) is 8.77. The molecular weight excluding hydrogens is 380 g/mol. The second kappa shape index (κ2) is 8.12. The third-order valence-corrected chi connectivity index (χ3v) is 6.34. The second-order valence-electron chi connectivity index (χ2n) is 6.72. The minimum atomic E-state index is -3.72. The minimum Gasteiger partial charge on any atom is -0.465 e. The zero-order valence-electron chi connectivity index (χ0n) is 15.7. The zero-order chi connectivity index (χ0) is 20.3. The summed E-state index contributed by atoms with van der Waals surface area (Å²) in [7, 11) is -0.970. The van der Waals surface area contributed by atoms with Crippen LogP contribution in [0.1, 0.15) is 39.1 Å². The van der Waals surface area contributed by atoms with E-state index in [1.54, 1.807) is 24.3 Å². The number of nitrogens with zero attached hydrogens (tertiary/aromatic N) is 1. The van der Waals surface area contributed by atoms with E-state index in [0.29, 0.717) is 5.56 Å². The highest BCUT2D eigenvalue weighted by Gasteiger charge is 2.24. The Bertz CT molecular complexity index is 965. The van der Waals surface area contributed by atoms with Crippen molar-refractivity contribution in [3.8, 4) is 0 Å². The molecule has 0 heterocycles. The maximum absolute atomic E-state index is 12.7. The van der Waals surface area contributed by atoms with Crippen LogP contribution in [0.3, 0.4) is 0 Å². The van der Waals surface area contributed by atoms with Crippen LogP contribution in [0.5, 0.6) is 0 Å². The number of ether oxygens (including phenoxy) is 1. The quantitative estimate of drug-likeness (QED) is 0.717. The molecule has 0 aromatic heterocycles. The van der Waals surface area contributed by atoms with Crippen molar-refractivity contribution in [2.75, 3.05) is 14.2 Å². The van der Waals surface area contributed by atoms with Gasteiger partial charge < -0.3 is 10.1 Å². The summed E-state index contributed by atoms with van der Waals surface area (Å²) in [6.45, 7) is 0.158. The molecule has 1 fully saturated rings. The van der Waals surface area contributed by atoms with Gasteiger partial charge in [-0.3, -0.25) is 4.79 Å². The van der Waals surface area contributed by atoms with Crippen molar-refractivity contribution in [3.63, 3.8) is 0 Å². The highest BCUT2D eigenvalue weighted by Crippen LogP contribution is 2.20. The van der Waals surface area contributed by atoms with Crippen molar-refractivity contribution in [2.24, 2.45) is 0 Å². The van der Waals surface area contributed by atoms with E-state index in [-0.39, 0.29) is 29.0 Å². The fourth-order valence-electron chi connectivity index (χ4n) is 2.66. The molecule has 1 N–H and O–H groups in total. The van der Waals surface area contributed by atoms with Gasteiger partial charge in [-0.2, -0.15) is 4.31 Å². The van der Waals surface area contributed by atoms with Gasteiger partial charge in [0.25, 0.3) is 5.91 Å². The van der Waals surface area contributed by atoms with Gasteiger partial charge in [-0.15, -0.1) is 0 Å². The fourth-order valence-corrected chi connectivity index (χ4v) is 3.82. The van der Waals surface area contributed by atoms with Crippen LogP contribution in [0.2, 0.25) is 0 Å². The first-order valence-electron chi connectivity index (χ1n) is 8.86. The average Bonchev–Trinajstić information content (AvgIpc) is 3.51. The predicted molar refractivity (Wildman–Crippen MR) is 103 cm³/mol. The topological polar surface area (TPSA) is 92.8 Å². The van der Waals surface area contributed by atoms with Gasteiger partial charge in [0, 0.05) is 25.2 Å². The molecule has 3 rings (SSSR count). The van der Waals surface area contributed by atoms with Gasteiger partial charge in [-0.1, -0.05) is 12.1 Å². The summed E-state index contributed by atoms with van der Waals surface area (Å²) in [6, 6.07) is 12.8. The smallest absolute Gasteiger partial charge is 0.337 e. The van der Waals surface area contributed by atoms with E-state index >= 15 is 0 Å². The third-order valence-electron chi connectivity index (χ3n) is 4.52. The molecule has 1 aliphatic carbocycles. The van der Waals surface area contributed by atoms with E-state index in [9.17, 15) is 18.0 Å². The highest BCUT2D eigenvalue weighted by molar-refractivity contribution is 7.89. The van der Waals surface area contributed by atoms with Crippen molar-refractivity contribution in [3.05, 3.63) is 65.2 Å². The normalized spacial score (nSPS) is 14.0. The molecule has 2 aromatic carbocycles. The van der Waals surface area contributed by atoms with E-state index in [4.69, 9.17) is 0 Å². The van der Waals surface area contributed by atoms with Gasteiger partial charge in [0.1, 0.15) is 0 Å². The Labute approximate surface area is 164 Å². The number of sulfonamides is 1. The molecular formula is C20H22N2O5S. The van der Waals surface area contributed by atoms with Crippen LogP contribution >= 0.6 is 0 Å². The van der Waals surface area contributed by atoms with Gasteiger partial charge in [0.15, 0.2) is 0 Å².